The second-order valence-electron chi connectivity index (χ2n) is 6.67. The van der Waals surface area contributed by atoms with E-state index in [0.29, 0.717) is 22.6 Å². The van der Waals surface area contributed by atoms with E-state index in [1.54, 1.807) is 24.3 Å². The summed E-state index contributed by atoms with van der Waals surface area (Å²) in [4.78, 5) is 36.9. The number of nitrogens with zero attached hydrogens (tertiary/aromatic N) is 4. The molecule has 0 aromatic heterocycles. The highest BCUT2D eigenvalue weighted by molar-refractivity contribution is 7.79. The van der Waals surface area contributed by atoms with Crippen molar-refractivity contribution in [1.29, 1.82) is 0 Å². The van der Waals surface area contributed by atoms with Crippen LogP contribution in [0.15, 0.2) is 59.6 Å². The van der Waals surface area contributed by atoms with E-state index in [4.69, 9.17) is 0 Å². The van der Waals surface area contributed by atoms with Gasteiger partial charge < -0.3 is 0 Å². The Kier molecular flexibility index (Phi) is 4.95. The molecule has 0 heterocycles. The molecule has 1 aliphatic rings. The lowest BCUT2D eigenvalue weighted by Crippen LogP contribution is -2.01. The van der Waals surface area contributed by atoms with Crippen molar-refractivity contribution >= 4 is 41.1 Å². The van der Waals surface area contributed by atoms with Crippen LogP contribution in [-0.2, 0) is 5.75 Å². The molecule has 0 saturated heterocycles. The zero-order valence-corrected chi connectivity index (χ0v) is 16.5. The Balaban J connectivity index is 2.04. The van der Waals surface area contributed by atoms with E-state index in [0.717, 1.165) is 11.6 Å². The van der Waals surface area contributed by atoms with Gasteiger partial charge in [0.1, 0.15) is 0 Å². The highest BCUT2D eigenvalue weighted by Gasteiger charge is 2.35. The summed E-state index contributed by atoms with van der Waals surface area (Å²) in [6.45, 7) is 0. The molecule has 11 heteroatoms. The normalized spacial score (nSPS) is 13.0. The van der Waals surface area contributed by atoms with Crippen molar-refractivity contribution in [1.82, 2.24) is 0 Å². The van der Waals surface area contributed by atoms with Crippen molar-refractivity contribution in [2.45, 2.75) is 5.75 Å². The summed E-state index contributed by atoms with van der Waals surface area (Å²) >= 11 is 4.20. The number of thiol groups is 1. The number of rotatable bonds is 5. The van der Waals surface area contributed by atoms with Crippen molar-refractivity contribution in [3.05, 3.63) is 102 Å². The molecule has 0 atom stereocenters. The zero-order chi connectivity index (χ0) is 22.3. The van der Waals surface area contributed by atoms with E-state index in [2.05, 4.69) is 17.6 Å². The Morgan fingerprint density at radius 1 is 0.742 bits per heavy atom. The molecular weight excluding hydrogens is 424 g/mol. The topological polar surface area (TPSA) is 142 Å². The molecule has 0 saturated carbocycles. The number of hydrogen-bond acceptors (Lipinski definition) is 8. The predicted molar refractivity (Wildman–Crippen MR) is 116 cm³/mol. The Bertz CT molecular complexity index is 1300. The van der Waals surface area contributed by atoms with Gasteiger partial charge in [-0.3, -0.25) is 30.3 Å². The van der Waals surface area contributed by atoms with Gasteiger partial charge in [-0.2, -0.15) is 12.6 Å². The van der Waals surface area contributed by atoms with Crippen LogP contribution in [0.25, 0.3) is 11.1 Å². The van der Waals surface area contributed by atoms with Gasteiger partial charge in [0.2, 0.25) is 0 Å². The van der Waals surface area contributed by atoms with E-state index < -0.39 is 26.1 Å². The Morgan fingerprint density at radius 3 is 1.97 bits per heavy atom. The van der Waals surface area contributed by atoms with Crippen LogP contribution in [0.2, 0.25) is 0 Å². The Labute approximate surface area is 179 Å². The minimum atomic E-state index is -0.724. The molecule has 154 valence electrons. The highest BCUT2D eigenvalue weighted by Crippen LogP contribution is 2.46. The maximum absolute atomic E-state index is 11.7. The minimum absolute atomic E-state index is 0.145. The minimum Gasteiger partial charge on any atom is -0.258 e. The monoisotopic (exact) mass is 436 g/mol. The molecule has 31 heavy (non-hydrogen) atoms. The number of hydrogen-bond donors (Lipinski definition) is 1. The predicted octanol–water partition coefficient (Wildman–Crippen LogP) is 4.99. The lowest BCUT2D eigenvalue weighted by atomic mass is 10.0. The van der Waals surface area contributed by atoms with Crippen molar-refractivity contribution < 1.29 is 14.8 Å². The Hall–Kier alpha value is -4.12. The first-order valence-corrected chi connectivity index (χ1v) is 9.48. The van der Waals surface area contributed by atoms with Crippen LogP contribution in [0, 0.1) is 30.3 Å². The fourth-order valence-electron chi connectivity index (χ4n) is 3.46. The first-order chi connectivity index (χ1) is 14.8. The van der Waals surface area contributed by atoms with Crippen LogP contribution in [0.1, 0.15) is 16.7 Å². The molecule has 0 fully saturated rings. The first kappa shape index (κ1) is 20.2. The van der Waals surface area contributed by atoms with Gasteiger partial charge in [-0.25, -0.2) is 4.99 Å². The van der Waals surface area contributed by atoms with Gasteiger partial charge in [-0.05, 0) is 29.3 Å². The van der Waals surface area contributed by atoms with Gasteiger partial charge in [0.05, 0.1) is 37.8 Å². The van der Waals surface area contributed by atoms with Gasteiger partial charge in [0.15, 0.2) is 0 Å². The van der Waals surface area contributed by atoms with Crippen LogP contribution < -0.4 is 0 Å². The van der Waals surface area contributed by atoms with Crippen molar-refractivity contribution in [3.8, 4) is 11.1 Å². The standard InChI is InChI=1S/C20H12N4O6S/c25-22(26)13-5-6-15-16(7-13)20(21-12-3-1-11(10-31)2-4-12)17-8-14(23(27)28)9-18(19(15)17)24(29)30/h1-9,31H,10H2. The van der Waals surface area contributed by atoms with Crippen LogP contribution in [0.3, 0.4) is 0 Å². The van der Waals surface area contributed by atoms with Crippen molar-refractivity contribution in [2.75, 3.05) is 0 Å². The summed E-state index contributed by atoms with van der Waals surface area (Å²) in [5, 5.41) is 34.3. The van der Waals surface area contributed by atoms with Crippen molar-refractivity contribution in [3.63, 3.8) is 0 Å². The van der Waals surface area contributed by atoms with Crippen LogP contribution in [0.4, 0.5) is 22.7 Å². The summed E-state index contributed by atoms with van der Waals surface area (Å²) in [6, 6.07) is 13.0. The van der Waals surface area contributed by atoms with Crippen LogP contribution in [-0.4, -0.2) is 20.5 Å². The van der Waals surface area contributed by atoms with Gasteiger partial charge in [-0.15, -0.1) is 0 Å². The number of fused-ring (bicyclic) bond motifs is 3. The fraction of sp³-hybridized carbons (Fsp3) is 0.0500. The molecule has 0 unspecified atom stereocenters. The summed E-state index contributed by atoms with van der Waals surface area (Å²) in [5.41, 5.74) is 1.45. The lowest BCUT2D eigenvalue weighted by molar-refractivity contribution is -0.393. The number of aliphatic imine (C=N–C) groups is 1. The van der Waals surface area contributed by atoms with Crippen molar-refractivity contribution in [2.24, 2.45) is 4.99 Å². The van der Waals surface area contributed by atoms with Gasteiger partial charge in [0.25, 0.3) is 17.1 Å². The van der Waals surface area contributed by atoms with E-state index in [9.17, 15) is 30.3 Å². The summed E-state index contributed by atoms with van der Waals surface area (Å²) < 4.78 is 0. The number of non-ortho nitro benzene ring substituents is 2. The average molecular weight is 436 g/mol. The molecule has 0 amide bonds. The SMILES string of the molecule is O=[N+]([O-])c1ccc2c(c1)C(=Nc1ccc(CS)cc1)c1cc([N+](=O)[O-])cc([N+](=O)[O-])c1-2. The molecule has 0 bridgehead atoms. The van der Waals surface area contributed by atoms with Gasteiger partial charge in [0, 0.05) is 35.1 Å². The molecule has 4 rings (SSSR count). The molecule has 0 N–H and O–H groups in total. The fourth-order valence-corrected chi connectivity index (χ4v) is 3.67. The zero-order valence-electron chi connectivity index (χ0n) is 15.6. The first-order valence-electron chi connectivity index (χ1n) is 8.85. The third kappa shape index (κ3) is 3.51. The maximum Gasteiger partial charge on any atom is 0.284 e. The lowest BCUT2D eigenvalue weighted by Gasteiger charge is -2.04. The van der Waals surface area contributed by atoms with E-state index in [1.807, 2.05) is 0 Å². The second kappa shape index (κ2) is 7.61. The van der Waals surface area contributed by atoms with Crippen LogP contribution >= 0.6 is 12.6 Å². The van der Waals surface area contributed by atoms with Gasteiger partial charge in [-0.1, -0.05) is 12.1 Å². The van der Waals surface area contributed by atoms with E-state index in [1.165, 1.54) is 24.3 Å². The van der Waals surface area contributed by atoms with E-state index in [-0.39, 0.29) is 22.5 Å². The molecule has 10 nitrogen and oxygen atoms in total. The molecular formula is C20H12N4O6S. The number of nitro benzene ring substituents is 3. The number of benzene rings is 3. The molecule has 0 radical (unpaired) electrons. The average Bonchev–Trinajstić information content (AvgIpc) is 3.06. The molecule has 0 aliphatic heterocycles. The summed E-state index contributed by atoms with van der Waals surface area (Å²) in [5.74, 6) is 0.521. The Morgan fingerprint density at radius 2 is 1.39 bits per heavy atom. The second-order valence-corrected chi connectivity index (χ2v) is 6.99. The van der Waals surface area contributed by atoms with Crippen LogP contribution in [0.5, 0.6) is 0 Å². The summed E-state index contributed by atoms with van der Waals surface area (Å²) in [6.07, 6.45) is 0. The third-order valence-electron chi connectivity index (χ3n) is 4.86. The van der Waals surface area contributed by atoms with E-state index >= 15 is 0 Å². The largest absolute Gasteiger partial charge is 0.284 e. The molecule has 0 spiro atoms. The summed E-state index contributed by atoms with van der Waals surface area (Å²) in [7, 11) is 0. The molecule has 3 aromatic carbocycles. The number of nitro groups is 3. The highest BCUT2D eigenvalue weighted by atomic mass is 32.1. The third-order valence-corrected chi connectivity index (χ3v) is 5.23. The molecule has 3 aromatic rings. The maximum atomic E-state index is 11.7. The van der Waals surface area contributed by atoms with Gasteiger partial charge >= 0.3 is 0 Å². The molecule has 1 aliphatic carbocycles. The smallest absolute Gasteiger partial charge is 0.258 e. The quantitative estimate of drug-likeness (QED) is 0.265.